The van der Waals surface area contributed by atoms with Crippen LogP contribution in [-0.4, -0.2) is 0 Å². The Labute approximate surface area is 414 Å². The standard InChI is InChI=1S/C70H45N/c1-3-19-50(20-4-1)69(51-21-5-2-6-22-51)61-28-13-11-26-58(61)60-45-53(41-43-65(60)69)71(52-39-36-46(37-40-52)48-38-42-55-49(44-48)35-34-47-18-7-8-23-54(47)55)67-33-17-32-66-68(67)59-27-12-16-31-64(59)70(66)62-29-14-9-24-56(62)57-25-10-15-30-63(57)70/h1-45H. The number of hydrogen-bond donors (Lipinski definition) is 0. The Morgan fingerprint density at radius 3 is 1.41 bits per heavy atom. The van der Waals surface area contributed by atoms with E-state index in [0.717, 1.165) is 17.1 Å². The normalized spacial score (nSPS) is 13.9. The molecule has 1 nitrogen and oxygen atoms in total. The Morgan fingerprint density at radius 1 is 0.254 bits per heavy atom. The van der Waals surface area contributed by atoms with Gasteiger partial charge in [0.15, 0.2) is 0 Å². The second-order valence-corrected chi connectivity index (χ2v) is 19.4. The maximum absolute atomic E-state index is 2.53. The fourth-order valence-electron chi connectivity index (χ4n) is 13.3. The number of nitrogens with zero attached hydrogens (tertiary/aromatic N) is 1. The minimum Gasteiger partial charge on any atom is -0.310 e. The van der Waals surface area contributed by atoms with Crippen molar-refractivity contribution in [3.63, 3.8) is 0 Å². The molecule has 3 aliphatic rings. The van der Waals surface area contributed by atoms with E-state index in [9.17, 15) is 0 Å². The topological polar surface area (TPSA) is 3.24 Å². The molecule has 0 aromatic heterocycles. The molecule has 330 valence electrons. The maximum Gasteiger partial charge on any atom is 0.0726 e. The predicted octanol–water partition coefficient (Wildman–Crippen LogP) is 17.8. The number of rotatable bonds is 6. The van der Waals surface area contributed by atoms with E-state index < -0.39 is 10.8 Å². The van der Waals surface area contributed by atoms with Gasteiger partial charge in [0.2, 0.25) is 0 Å². The van der Waals surface area contributed by atoms with E-state index in [-0.39, 0.29) is 0 Å². The second kappa shape index (κ2) is 15.2. The van der Waals surface area contributed by atoms with E-state index in [1.807, 2.05) is 0 Å². The van der Waals surface area contributed by atoms with Crippen LogP contribution in [0.25, 0.3) is 66.1 Å². The van der Waals surface area contributed by atoms with Crippen LogP contribution in [0.1, 0.15) is 44.5 Å². The van der Waals surface area contributed by atoms with Crippen molar-refractivity contribution >= 4 is 38.6 Å². The van der Waals surface area contributed by atoms with Gasteiger partial charge < -0.3 is 4.90 Å². The predicted molar refractivity (Wildman–Crippen MR) is 295 cm³/mol. The summed E-state index contributed by atoms with van der Waals surface area (Å²) in [7, 11) is 0. The molecular formula is C70H45N. The first kappa shape index (κ1) is 39.9. The van der Waals surface area contributed by atoms with E-state index >= 15 is 0 Å². The molecule has 0 saturated heterocycles. The van der Waals surface area contributed by atoms with Crippen LogP contribution in [0.3, 0.4) is 0 Å². The van der Waals surface area contributed by atoms with Gasteiger partial charge in [-0.25, -0.2) is 0 Å². The summed E-state index contributed by atoms with van der Waals surface area (Å²) in [5.74, 6) is 0. The summed E-state index contributed by atoms with van der Waals surface area (Å²) < 4.78 is 0. The number of benzene rings is 12. The highest BCUT2D eigenvalue weighted by atomic mass is 15.1. The first-order chi connectivity index (χ1) is 35.2. The van der Waals surface area contributed by atoms with Gasteiger partial charge in [-0.3, -0.25) is 0 Å². The molecule has 0 fully saturated rings. The van der Waals surface area contributed by atoms with Gasteiger partial charge in [-0.15, -0.1) is 0 Å². The number of anilines is 3. The molecule has 1 heteroatoms. The van der Waals surface area contributed by atoms with Crippen molar-refractivity contribution in [1.82, 2.24) is 0 Å². The van der Waals surface area contributed by atoms with Crippen LogP contribution in [0.2, 0.25) is 0 Å². The Morgan fingerprint density at radius 2 is 0.732 bits per heavy atom. The zero-order chi connectivity index (χ0) is 46.7. The smallest absolute Gasteiger partial charge is 0.0726 e. The molecular weight excluding hydrogens is 855 g/mol. The van der Waals surface area contributed by atoms with Crippen LogP contribution in [0.4, 0.5) is 17.1 Å². The average molecular weight is 900 g/mol. The molecule has 0 atom stereocenters. The summed E-state index contributed by atoms with van der Waals surface area (Å²) >= 11 is 0. The zero-order valence-corrected chi connectivity index (χ0v) is 38.9. The second-order valence-electron chi connectivity index (χ2n) is 19.4. The lowest BCUT2D eigenvalue weighted by molar-refractivity contribution is 0.768. The zero-order valence-electron chi connectivity index (χ0n) is 38.9. The Bertz CT molecular complexity index is 4020. The van der Waals surface area contributed by atoms with Gasteiger partial charge in [-0.2, -0.15) is 0 Å². The van der Waals surface area contributed by atoms with Crippen LogP contribution in [0, 0.1) is 0 Å². The molecule has 12 aromatic carbocycles. The van der Waals surface area contributed by atoms with E-state index in [4.69, 9.17) is 0 Å². The summed E-state index contributed by atoms with van der Waals surface area (Å²) in [6.07, 6.45) is 0. The van der Waals surface area contributed by atoms with Crippen molar-refractivity contribution in [2.75, 3.05) is 4.90 Å². The lowest BCUT2D eigenvalue weighted by Crippen LogP contribution is -2.28. The third-order valence-corrected chi connectivity index (χ3v) is 16.1. The van der Waals surface area contributed by atoms with Gasteiger partial charge in [-0.1, -0.05) is 237 Å². The summed E-state index contributed by atoms with van der Waals surface area (Å²) in [6.45, 7) is 0. The lowest BCUT2D eigenvalue weighted by Gasteiger charge is -2.34. The van der Waals surface area contributed by atoms with Crippen LogP contribution in [0.5, 0.6) is 0 Å². The highest BCUT2D eigenvalue weighted by Crippen LogP contribution is 2.65. The molecule has 0 amide bonds. The van der Waals surface area contributed by atoms with Crippen LogP contribution in [0.15, 0.2) is 273 Å². The SMILES string of the molecule is c1ccc(C2(c3ccccc3)c3ccccc3-c3cc(N(c4ccc(-c5ccc6c(ccc7ccccc76)c5)cc4)c4cccc5c4-c4ccccc4C54c5ccccc5-c5ccccc54)ccc32)cc1. The first-order valence-electron chi connectivity index (χ1n) is 24.8. The monoisotopic (exact) mass is 899 g/mol. The van der Waals surface area contributed by atoms with E-state index in [2.05, 4.69) is 278 Å². The minimum absolute atomic E-state index is 0.464. The molecule has 0 N–H and O–H groups in total. The highest BCUT2D eigenvalue weighted by Gasteiger charge is 2.52. The Balaban J connectivity index is 0.970. The molecule has 0 heterocycles. The molecule has 71 heavy (non-hydrogen) atoms. The Kier molecular flexibility index (Phi) is 8.56. The van der Waals surface area contributed by atoms with Crippen LogP contribution < -0.4 is 4.90 Å². The Hall–Kier alpha value is -9.04. The third-order valence-electron chi connectivity index (χ3n) is 16.1. The first-order valence-corrected chi connectivity index (χ1v) is 24.8. The van der Waals surface area contributed by atoms with E-state index in [0.29, 0.717) is 0 Å². The minimum atomic E-state index is -0.492. The van der Waals surface area contributed by atoms with Crippen molar-refractivity contribution in [3.8, 4) is 44.5 Å². The molecule has 15 rings (SSSR count). The van der Waals surface area contributed by atoms with Gasteiger partial charge in [0.1, 0.15) is 0 Å². The molecule has 0 bridgehead atoms. The van der Waals surface area contributed by atoms with Gasteiger partial charge >= 0.3 is 0 Å². The average Bonchev–Trinajstić information content (AvgIpc) is 4.04. The van der Waals surface area contributed by atoms with Gasteiger partial charge in [0.25, 0.3) is 0 Å². The van der Waals surface area contributed by atoms with Crippen molar-refractivity contribution in [2.45, 2.75) is 10.8 Å². The van der Waals surface area contributed by atoms with Crippen LogP contribution >= 0.6 is 0 Å². The fraction of sp³-hybridized carbons (Fsp3) is 0.0286. The summed E-state index contributed by atoms with van der Waals surface area (Å²) in [5, 5.41) is 5.07. The maximum atomic E-state index is 2.53. The third kappa shape index (κ3) is 5.46. The van der Waals surface area contributed by atoms with Crippen LogP contribution in [-0.2, 0) is 10.8 Å². The van der Waals surface area contributed by atoms with Gasteiger partial charge in [-0.05, 0) is 141 Å². The number of hydrogen-bond acceptors (Lipinski definition) is 1. The van der Waals surface area contributed by atoms with Crippen molar-refractivity contribution in [3.05, 3.63) is 317 Å². The summed E-state index contributed by atoms with van der Waals surface area (Å²) in [5.41, 5.74) is 22.9. The molecule has 3 aliphatic carbocycles. The highest BCUT2D eigenvalue weighted by molar-refractivity contribution is 6.08. The van der Waals surface area contributed by atoms with Gasteiger partial charge in [0.05, 0.1) is 16.5 Å². The molecule has 0 saturated carbocycles. The van der Waals surface area contributed by atoms with Crippen molar-refractivity contribution in [2.24, 2.45) is 0 Å². The summed E-state index contributed by atoms with van der Waals surface area (Å²) in [6, 6.07) is 102. The molecule has 12 aromatic rings. The summed E-state index contributed by atoms with van der Waals surface area (Å²) in [4.78, 5) is 2.53. The van der Waals surface area contributed by atoms with E-state index in [1.54, 1.807) is 0 Å². The molecule has 0 unspecified atom stereocenters. The van der Waals surface area contributed by atoms with Gasteiger partial charge in [0, 0.05) is 16.9 Å². The number of fused-ring (bicyclic) bond motifs is 16. The quantitative estimate of drug-likeness (QED) is 0.150. The van der Waals surface area contributed by atoms with Crippen molar-refractivity contribution < 1.29 is 0 Å². The lowest BCUT2D eigenvalue weighted by atomic mass is 9.68. The molecule has 0 aliphatic heterocycles. The largest absolute Gasteiger partial charge is 0.310 e. The molecule has 0 radical (unpaired) electrons. The molecule has 1 spiro atoms. The fourth-order valence-corrected chi connectivity index (χ4v) is 13.3. The van der Waals surface area contributed by atoms with Crippen molar-refractivity contribution in [1.29, 1.82) is 0 Å². The van der Waals surface area contributed by atoms with E-state index in [1.165, 1.54) is 111 Å².